The molecule has 0 aliphatic heterocycles. The Morgan fingerprint density at radius 2 is 2.00 bits per heavy atom. The third-order valence-corrected chi connectivity index (χ3v) is 4.64. The Hall–Kier alpha value is -2.51. The molecule has 1 saturated carbocycles. The highest BCUT2D eigenvalue weighted by atomic mass is 35.5. The van der Waals surface area contributed by atoms with E-state index >= 15 is 0 Å². The van der Waals surface area contributed by atoms with Crippen molar-refractivity contribution < 1.29 is 9.53 Å². The van der Waals surface area contributed by atoms with E-state index < -0.39 is 0 Å². The number of carbonyl (C=O) groups excluding carboxylic acids is 1. The van der Waals surface area contributed by atoms with Gasteiger partial charge < -0.3 is 4.74 Å². The first-order chi connectivity index (χ1) is 12.2. The summed E-state index contributed by atoms with van der Waals surface area (Å²) >= 11 is 7.54. The molecule has 0 spiro atoms. The Kier molecular flexibility index (Phi) is 4.33. The van der Waals surface area contributed by atoms with Crippen LogP contribution in [0.1, 0.15) is 34.8 Å². The first-order valence-electron chi connectivity index (χ1n) is 7.67. The Balaban J connectivity index is 1.51. The molecule has 0 bridgehead atoms. The number of rotatable bonds is 5. The molecule has 2 aromatic heterocycles. The van der Waals surface area contributed by atoms with Crippen molar-refractivity contribution in [3.8, 4) is 11.5 Å². The molecule has 3 aromatic rings. The van der Waals surface area contributed by atoms with E-state index in [9.17, 15) is 4.79 Å². The summed E-state index contributed by atoms with van der Waals surface area (Å²) in [7, 11) is 0. The maximum absolute atomic E-state index is 12.5. The lowest BCUT2D eigenvalue weighted by Crippen LogP contribution is -2.11. The van der Waals surface area contributed by atoms with Crippen LogP contribution < -0.4 is 10.1 Å². The zero-order chi connectivity index (χ0) is 17.2. The maximum atomic E-state index is 12.5. The lowest BCUT2D eigenvalue weighted by molar-refractivity contribution is 0.102. The van der Waals surface area contributed by atoms with Gasteiger partial charge in [0.15, 0.2) is 10.9 Å². The predicted octanol–water partition coefficient (Wildman–Crippen LogP) is 4.51. The van der Waals surface area contributed by atoms with Gasteiger partial charge in [0.1, 0.15) is 12.1 Å². The van der Waals surface area contributed by atoms with E-state index in [2.05, 4.69) is 20.3 Å². The number of amides is 1. The average molecular weight is 373 g/mol. The van der Waals surface area contributed by atoms with Gasteiger partial charge in [0.2, 0.25) is 0 Å². The molecule has 0 radical (unpaired) electrons. The molecule has 1 N–H and O–H groups in total. The van der Waals surface area contributed by atoms with Crippen molar-refractivity contribution in [2.45, 2.75) is 18.8 Å². The van der Waals surface area contributed by atoms with Crippen LogP contribution in [-0.4, -0.2) is 20.9 Å². The molecule has 8 heteroatoms. The topological polar surface area (TPSA) is 77.0 Å². The molecule has 4 rings (SSSR count). The minimum Gasteiger partial charge on any atom is -0.454 e. The molecule has 0 atom stereocenters. The van der Waals surface area contributed by atoms with Crippen LogP contribution in [-0.2, 0) is 0 Å². The lowest BCUT2D eigenvalue weighted by atomic mass is 10.2. The number of aromatic nitrogens is 3. The fourth-order valence-electron chi connectivity index (χ4n) is 2.31. The SMILES string of the molecule is O=C(Nc1nc(C2CC2)cs1)c1cc(Cl)cc(Oc2cncnc2)c1. The zero-order valence-electron chi connectivity index (χ0n) is 13.0. The third kappa shape index (κ3) is 3.94. The van der Waals surface area contributed by atoms with Gasteiger partial charge in [-0.3, -0.25) is 10.1 Å². The maximum Gasteiger partial charge on any atom is 0.257 e. The van der Waals surface area contributed by atoms with Gasteiger partial charge >= 0.3 is 0 Å². The van der Waals surface area contributed by atoms with E-state index in [1.165, 1.54) is 42.9 Å². The molecule has 1 aromatic carbocycles. The number of hydrogen-bond acceptors (Lipinski definition) is 6. The second kappa shape index (κ2) is 6.78. The number of nitrogens with one attached hydrogen (secondary N) is 1. The van der Waals surface area contributed by atoms with Gasteiger partial charge in [-0.15, -0.1) is 11.3 Å². The van der Waals surface area contributed by atoms with Gasteiger partial charge in [-0.1, -0.05) is 11.6 Å². The average Bonchev–Trinajstić information content (AvgIpc) is 3.35. The number of halogens is 1. The van der Waals surface area contributed by atoms with Gasteiger partial charge in [0, 0.05) is 21.9 Å². The first-order valence-corrected chi connectivity index (χ1v) is 8.93. The minimum atomic E-state index is -0.284. The summed E-state index contributed by atoms with van der Waals surface area (Å²) in [4.78, 5) is 24.7. The van der Waals surface area contributed by atoms with Crippen LogP contribution in [0, 0.1) is 0 Å². The number of benzene rings is 1. The number of ether oxygens (including phenoxy) is 1. The van der Waals surface area contributed by atoms with Gasteiger partial charge in [0.05, 0.1) is 18.1 Å². The standard InChI is InChI=1S/C17H13ClN4O2S/c18-12-3-11(4-13(5-12)24-14-6-19-9-20-7-14)16(23)22-17-21-15(8-25-17)10-1-2-10/h3-10H,1-2H2,(H,21,22,23). The van der Waals surface area contributed by atoms with E-state index in [-0.39, 0.29) is 5.91 Å². The summed E-state index contributed by atoms with van der Waals surface area (Å²) in [6.07, 6.45) is 6.82. The molecule has 1 aliphatic carbocycles. The molecule has 25 heavy (non-hydrogen) atoms. The summed E-state index contributed by atoms with van der Waals surface area (Å²) in [5.41, 5.74) is 1.45. The van der Waals surface area contributed by atoms with E-state index in [0.29, 0.717) is 33.1 Å². The summed E-state index contributed by atoms with van der Waals surface area (Å²) in [6.45, 7) is 0. The molecule has 0 saturated heterocycles. The number of nitrogens with zero attached hydrogens (tertiary/aromatic N) is 3. The summed E-state index contributed by atoms with van der Waals surface area (Å²) in [6, 6.07) is 4.82. The van der Waals surface area contributed by atoms with Crippen LogP contribution in [0.2, 0.25) is 5.02 Å². The second-order valence-corrected chi connectivity index (χ2v) is 6.95. The summed E-state index contributed by atoms with van der Waals surface area (Å²) in [5.74, 6) is 1.17. The number of carbonyl (C=O) groups is 1. The van der Waals surface area contributed by atoms with Gasteiger partial charge in [0.25, 0.3) is 5.91 Å². The van der Waals surface area contributed by atoms with E-state index in [0.717, 1.165) is 5.69 Å². The third-order valence-electron chi connectivity index (χ3n) is 3.64. The summed E-state index contributed by atoms with van der Waals surface area (Å²) in [5, 5.41) is 5.79. The van der Waals surface area contributed by atoms with Crippen LogP contribution in [0.15, 0.2) is 42.3 Å². The van der Waals surface area contributed by atoms with Crippen molar-refractivity contribution >= 4 is 34.0 Å². The van der Waals surface area contributed by atoms with Crippen molar-refractivity contribution in [2.75, 3.05) is 5.32 Å². The molecule has 1 fully saturated rings. The van der Waals surface area contributed by atoms with Crippen molar-refractivity contribution in [1.29, 1.82) is 0 Å². The van der Waals surface area contributed by atoms with Crippen LogP contribution in [0.25, 0.3) is 0 Å². The molecule has 0 unspecified atom stereocenters. The number of hydrogen-bond donors (Lipinski definition) is 1. The first kappa shape index (κ1) is 16.0. The summed E-state index contributed by atoms with van der Waals surface area (Å²) < 4.78 is 5.64. The van der Waals surface area contributed by atoms with E-state index in [4.69, 9.17) is 16.3 Å². The van der Waals surface area contributed by atoms with Crippen molar-refractivity contribution in [3.63, 3.8) is 0 Å². The Labute approximate surface area is 152 Å². The lowest BCUT2D eigenvalue weighted by Gasteiger charge is -2.08. The quantitative estimate of drug-likeness (QED) is 0.713. The highest BCUT2D eigenvalue weighted by molar-refractivity contribution is 7.14. The van der Waals surface area contributed by atoms with Crippen LogP contribution in [0.4, 0.5) is 5.13 Å². The normalized spacial score (nSPS) is 13.5. The van der Waals surface area contributed by atoms with Gasteiger partial charge in [-0.25, -0.2) is 15.0 Å². The predicted molar refractivity (Wildman–Crippen MR) is 95.6 cm³/mol. The molecule has 1 amide bonds. The fourth-order valence-corrected chi connectivity index (χ4v) is 3.32. The molecule has 126 valence electrons. The Bertz CT molecular complexity index is 912. The molecule has 1 aliphatic rings. The highest BCUT2D eigenvalue weighted by Crippen LogP contribution is 2.41. The van der Waals surface area contributed by atoms with Crippen molar-refractivity contribution in [3.05, 3.63) is 58.6 Å². The fraction of sp³-hybridized carbons (Fsp3) is 0.176. The highest BCUT2D eigenvalue weighted by Gasteiger charge is 2.26. The Morgan fingerprint density at radius 3 is 2.76 bits per heavy atom. The van der Waals surface area contributed by atoms with Crippen LogP contribution in [0.5, 0.6) is 11.5 Å². The zero-order valence-corrected chi connectivity index (χ0v) is 14.5. The van der Waals surface area contributed by atoms with E-state index in [1.54, 1.807) is 18.2 Å². The minimum absolute atomic E-state index is 0.284. The monoisotopic (exact) mass is 372 g/mol. The largest absolute Gasteiger partial charge is 0.454 e. The number of thiazole rings is 1. The Morgan fingerprint density at radius 1 is 1.20 bits per heavy atom. The molecular weight excluding hydrogens is 360 g/mol. The van der Waals surface area contributed by atoms with Crippen molar-refractivity contribution in [1.82, 2.24) is 15.0 Å². The molecule has 2 heterocycles. The molecule has 6 nitrogen and oxygen atoms in total. The van der Waals surface area contributed by atoms with Crippen LogP contribution >= 0.6 is 22.9 Å². The van der Waals surface area contributed by atoms with Gasteiger partial charge in [-0.2, -0.15) is 0 Å². The van der Waals surface area contributed by atoms with E-state index in [1.807, 2.05) is 5.38 Å². The number of anilines is 1. The second-order valence-electron chi connectivity index (χ2n) is 5.66. The van der Waals surface area contributed by atoms with Crippen LogP contribution in [0.3, 0.4) is 0 Å². The molecular formula is C17H13ClN4O2S. The van der Waals surface area contributed by atoms with Gasteiger partial charge in [-0.05, 0) is 31.0 Å². The van der Waals surface area contributed by atoms with Crippen molar-refractivity contribution in [2.24, 2.45) is 0 Å². The smallest absolute Gasteiger partial charge is 0.257 e.